The van der Waals surface area contributed by atoms with E-state index in [0.717, 1.165) is 11.3 Å². The summed E-state index contributed by atoms with van der Waals surface area (Å²) in [6.07, 6.45) is 4.96. The second-order valence-electron chi connectivity index (χ2n) is 3.59. The van der Waals surface area contributed by atoms with Crippen molar-refractivity contribution in [1.29, 1.82) is 0 Å². The summed E-state index contributed by atoms with van der Waals surface area (Å²) in [4.78, 5) is 7.99. The molecule has 6 nitrogen and oxygen atoms in total. The smallest absolute Gasteiger partial charge is 0.147 e. The van der Waals surface area contributed by atoms with Crippen LogP contribution in [0, 0.1) is 0 Å². The van der Waals surface area contributed by atoms with Gasteiger partial charge in [0.1, 0.15) is 18.4 Å². The molecular weight excluding hydrogens is 218 g/mol. The van der Waals surface area contributed by atoms with Gasteiger partial charge in [0.2, 0.25) is 0 Å². The van der Waals surface area contributed by atoms with E-state index in [-0.39, 0.29) is 6.23 Å². The minimum absolute atomic E-state index is 0.0899. The van der Waals surface area contributed by atoms with Gasteiger partial charge >= 0.3 is 0 Å². The average molecular weight is 233 g/mol. The standard InChI is InChI=1S/C11H15N5O/c1-3-17-8(2)16-6-9(5-15-16)10-4-11(12)14-7-13-10/h4-8H,3H2,1-2H3,(H2,12,13,14). The van der Waals surface area contributed by atoms with Gasteiger partial charge in [0.05, 0.1) is 11.9 Å². The molecule has 2 aromatic heterocycles. The first kappa shape index (κ1) is 11.5. The molecule has 1 atom stereocenters. The lowest BCUT2D eigenvalue weighted by atomic mass is 10.2. The Hall–Kier alpha value is -1.95. The number of nitrogens with zero attached hydrogens (tertiary/aromatic N) is 4. The van der Waals surface area contributed by atoms with Crippen LogP contribution >= 0.6 is 0 Å². The predicted octanol–water partition coefficient (Wildman–Crippen LogP) is 1.48. The van der Waals surface area contributed by atoms with Gasteiger partial charge in [-0.15, -0.1) is 0 Å². The van der Waals surface area contributed by atoms with E-state index in [9.17, 15) is 0 Å². The highest BCUT2D eigenvalue weighted by atomic mass is 16.5. The molecule has 0 saturated heterocycles. The van der Waals surface area contributed by atoms with E-state index < -0.39 is 0 Å². The first-order valence-electron chi connectivity index (χ1n) is 5.44. The van der Waals surface area contributed by atoms with Crippen molar-refractivity contribution in [3.8, 4) is 11.3 Å². The molecule has 2 heterocycles. The molecule has 0 bridgehead atoms. The van der Waals surface area contributed by atoms with Gasteiger partial charge in [0.15, 0.2) is 0 Å². The summed E-state index contributed by atoms with van der Waals surface area (Å²) in [5, 5.41) is 4.23. The predicted molar refractivity (Wildman–Crippen MR) is 64.0 cm³/mol. The van der Waals surface area contributed by atoms with Gasteiger partial charge < -0.3 is 10.5 Å². The van der Waals surface area contributed by atoms with Gasteiger partial charge in [0, 0.05) is 24.4 Å². The molecule has 0 amide bonds. The van der Waals surface area contributed by atoms with E-state index in [1.807, 2.05) is 20.0 Å². The number of aromatic nitrogens is 4. The Bertz CT molecular complexity index is 496. The van der Waals surface area contributed by atoms with E-state index in [1.165, 1.54) is 6.33 Å². The monoisotopic (exact) mass is 233 g/mol. The Morgan fingerprint density at radius 2 is 2.29 bits per heavy atom. The zero-order valence-corrected chi connectivity index (χ0v) is 9.87. The van der Waals surface area contributed by atoms with E-state index in [4.69, 9.17) is 10.5 Å². The van der Waals surface area contributed by atoms with Crippen LogP contribution < -0.4 is 5.73 Å². The van der Waals surface area contributed by atoms with Gasteiger partial charge in [-0.25, -0.2) is 14.6 Å². The van der Waals surface area contributed by atoms with Crippen molar-refractivity contribution < 1.29 is 4.74 Å². The zero-order chi connectivity index (χ0) is 12.3. The summed E-state index contributed by atoms with van der Waals surface area (Å²) in [6.45, 7) is 4.54. The molecule has 6 heteroatoms. The summed E-state index contributed by atoms with van der Waals surface area (Å²) in [5.41, 5.74) is 7.26. The van der Waals surface area contributed by atoms with Crippen molar-refractivity contribution in [2.24, 2.45) is 0 Å². The van der Waals surface area contributed by atoms with Gasteiger partial charge in [-0.2, -0.15) is 5.10 Å². The topological polar surface area (TPSA) is 78.9 Å². The highest BCUT2D eigenvalue weighted by molar-refractivity contribution is 5.59. The molecule has 0 fully saturated rings. The van der Waals surface area contributed by atoms with Crippen LogP contribution in [0.1, 0.15) is 20.1 Å². The third-order valence-corrected chi connectivity index (χ3v) is 2.37. The van der Waals surface area contributed by atoms with Crippen molar-refractivity contribution in [3.63, 3.8) is 0 Å². The molecular formula is C11H15N5O. The largest absolute Gasteiger partial charge is 0.384 e. The number of hydrogen-bond acceptors (Lipinski definition) is 5. The SMILES string of the molecule is CCOC(C)n1cc(-c2cc(N)ncn2)cn1. The fraction of sp³-hybridized carbons (Fsp3) is 0.364. The summed E-state index contributed by atoms with van der Waals surface area (Å²) < 4.78 is 7.19. The van der Waals surface area contributed by atoms with Crippen molar-refractivity contribution in [2.45, 2.75) is 20.1 Å². The van der Waals surface area contributed by atoms with E-state index in [2.05, 4.69) is 15.1 Å². The Morgan fingerprint density at radius 3 is 3.00 bits per heavy atom. The van der Waals surface area contributed by atoms with Crippen molar-refractivity contribution in [1.82, 2.24) is 19.7 Å². The maximum Gasteiger partial charge on any atom is 0.147 e. The fourth-order valence-corrected chi connectivity index (χ4v) is 1.52. The van der Waals surface area contributed by atoms with Gasteiger partial charge in [-0.1, -0.05) is 0 Å². The number of ether oxygens (including phenoxy) is 1. The van der Waals surface area contributed by atoms with Crippen LogP contribution in [0.5, 0.6) is 0 Å². The molecule has 0 aliphatic rings. The average Bonchev–Trinajstić information content (AvgIpc) is 2.78. The highest BCUT2D eigenvalue weighted by Gasteiger charge is 2.08. The summed E-state index contributed by atoms with van der Waals surface area (Å²) in [5.74, 6) is 0.445. The van der Waals surface area contributed by atoms with E-state index in [1.54, 1.807) is 16.9 Å². The first-order valence-corrected chi connectivity index (χ1v) is 5.44. The number of nitrogen functional groups attached to an aromatic ring is 1. The highest BCUT2D eigenvalue weighted by Crippen LogP contribution is 2.18. The molecule has 0 aliphatic heterocycles. The number of rotatable bonds is 4. The minimum atomic E-state index is -0.0899. The molecule has 0 radical (unpaired) electrons. The minimum Gasteiger partial charge on any atom is -0.384 e. The van der Waals surface area contributed by atoms with Crippen molar-refractivity contribution in [3.05, 3.63) is 24.8 Å². The third-order valence-electron chi connectivity index (χ3n) is 2.37. The molecule has 90 valence electrons. The molecule has 2 aromatic rings. The number of hydrogen-bond donors (Lipinski definition) is 1. The van der Waals surface area contributed by atoms with E-state index in [0.29, 0.717) is 12.4 Å². The molecule has 0 spiro atoms. The third kappa shape index (κ3) is 2.59. The van der Waals surface area contributed by atoms with Gasteiger partial charge in [0.25, 0.3) is 0 Å². The van der Waals surface area contributed by atoms with Gasteiger partial charge in [-0.05, 0) is 13.8 Å². The van der Waals surface area contributed by atoms with Crippen LogP contribution in [-0.2, 0) is 4.74 Å². The Labute approximate surface area is 99.4 Å². The molecule has 0 saturated carbocycles. The normalized spacial score (nSPS) is 12.6. The first-order chi connectivity index (χ1) is 8.20. The fourth-order valence-electron chi connectivity index (χ4n) is 1.52. The molecule has 2 rings (SSSR count). The Kier molecular flexibility index (Phi) is 3.34. The van der Waals surface area contributed by atoms with Crippen LogP contribution in [-0.4, -0.2) is 26.4 Å². The molecule has 17 heavy (non-hydrogen) atoms. The maximum absolute atomic E-state index is 5.61. The van der Waals surface area contributed by atoms with Crippen molar-refractivity contribution in [2.75, 3.05) is 12.3 Å². The van der Waals surface area contributed by atoms with Crippen LogP contribution in [0.25, 0.3) is 11.3 Å². The second-order valence-corrected chi connectivity index (χ2v) is 3.59. The second kappa shape index (κ2) is 4.92. The lowest BCUT2D eigenvalue weighted by Gasteiger charge is -2.11. The Balaban J connectivity index is 2.23. The molecule has 2 N–H and O–H groups in total. The zero-order valence-electron chi connectivity index (χ0n) is 9.87. The van der Waals surface area contributed by atoms with E-state index >= 15 is 0 Å². The van der Waals surface area contributed by atoms with Crippen molar-refractivity contribution >= 4 is 5.82 Å². The molecule has 0 aliphatic carbocycles. The lowest BCUT2D eigenvalue weighted by molar-refractivity contribution is 0.0160. The van der Waals surface area contributed by atoms with Crippen LogP contribution in [0.3, 0.4) is 0 Å². The Morgan fingerprint density at radius 1 is 1.47 bits per heavy atom. The summed E-state index contributed by atoms with van der Waals surface area (Å²) >= 11 is 0. The quantitative estimate of drug-likeness (QED) is 0.865. The van der Waals surface area contributed by atoms with Crippen LogP contribution in [0.15, 0.2) is 24.8 Å². The lowest BCUT2D eigenvalue weighted by Crippen LogP contribution is -2.09. The maximum atomic E-state index is 5.61. The molecule has 0 aromatic carbocycles. The van der Waals surface area contributed by atoms with Gasteiger partial charge in [-0.3, -0.25) is 0 Å². The summed E-state index contributed by atoms with van der Waals surface area (Å²) in [6, 6.07) is 1.71. The number of nitrogens with two attached hydrogens (primary N) is 1. The number of anilines is 1. The summed E-state index contributed by atoms with van der Waals surface area (Å²) in [7, 11) is 0. The van der Waals surface area contributed by atoms with Crippen LogP contribution in [0.2, 0.25) is 0 Å². The molecule has 1 unspecified atom stereocenters. The van der Waals surface area contributed by atoms with Crippen LogP contribution in [0.4, 0.5) is 5.82 Å².